The number of aromatic nitrogens is 2. The highest BCUT2D eigenvalue weighted by Crippen LogP contribution is 2.28. The van der Waals surface area contributed by atoms with Crippen LogP contribution in [0.2, 0.25) is 0 Å². The third-order valence-corrected chi connectivity index (χ3v) is 8.41. The van der Waals surface area contributed by atoms with Gasteiger partial charge in [0.1, 0.15) is 5.75 Å². The molecule has 0 fully saturated rings. The van der Waals surface area contributed by atoms with Crippen LogP contribution in [0.25, 0.3) is 16.6 Å². The molecule has 1 N–H and O–H groups in total. The number of para-hydroxylation sites is 3. The lowest BCUT2D eigenvalue weighted by Gasteiger charge is -2.16. The average molecular weight is 539 g/mol. The van der Waals surface area contributed by atoms with Crippen LogP contribution in [0.3, 0.4) is 0 Å². The number of rotatable bonds is 8. The summed E-state index contributed by atoms with van der Waals surface area (Å²) in [6, 6.07) is 18.7. The van der Waals surface area contributed by atoms with Gasteiger partial charge in [-0.15, -0.1) is 0 Å². The van der Waals surface area contributed by atoms with Crippen LogP contribution in [-0.4, -0.2) is 55.1 Å². The third-order valence-electron chi connectivity index (χ3n) is 5.67. The standard InChI is InChI=1S/C26H26N4O5S2/c1-17-13-14-18(37(33,34)29(2)3)15-21(17)27-24(31)16-36-26-28-20-10-6-5-9-19(20)25(32)30(26)22-11-7-8-12-23(22)35-4/h5-15H,16H2,1-4H3,(H,27,31). The predicted molar refractivity (Wildman–Crippen MR) is 145 cm³/mol. The maximum absolute atomic E-state index is 13.5. The molecule has 0 atom stereocenters. The zero-order chi connectivity index (χ0) is 26.7. The Balaban J connectivity index is 1.66. The zero-order valence-electron chi connectivity index (χ0n) is 20.8. The summed E-state index contributed by atoms with van der Waals surface area (Å²) in [7, 11) is 0.753. The van der Waals surface area contributed by atoms with E-state index in [1.807, 2.05) is 0 Å². The van der Waals surface area contributed by atoms with E-state index in [0.717, 1.165) is 16.1 Å². The van der Waals surface area contributed by atoms with Gasteiger partial charge in [0.15, 0.2) is 5.16 Å². The van der Waals surface area contributed by atoms with Crippen molar-refractivity contribution in [3.05, 3.63) is 82.6 Å². The van der Waals surface area contributed by atoms with Crippen LogP contribution in [-0.2, 0) is 14.8 Å². The zero-order valence-corrected chi connectivity index (χ0v) is 22.4. The Morgan fingerprint density at radius 2 is 1.78 bits per heavy atom. The van der Waals surface area contributed by atoms with Gasteiger partial charge in [-0.05, 0) is 48.9 Å². The molecular weight excluding hydrogens is 512 g/mol. The first-order valence-corrected chi connectivity index (χ1v) is 13.7. The second kappa shape index (κ2) is 10.8. The van der Waals surface area contributed by atoms with Gasteiger partial charge in [-0.3, -0.25) is 14.2 Å². The highest BCUT2D eigenvalue weighted by molar-refractivity contribution is 7.99. The van der Waals surface area contributed by atoms with Gasteiger partial charge in [-0.25, -0.2) is 17.7 Å². The monoisotopic (exact) mass is 538 g/mol. The number of benzene rings is 3. The molecule has 0 aliphatic rings. The van der Waals surface area contributed by atoms with Crippen molar-refractivity contribution in [1.82, 2.24) is 13.9 Å². The quantitative estimate of drug-likeness (QED) is 0.269. The fourth-order valence-electron chi connectivity index (χ4n) is 3.66. The molecular formula is C26H26N4O5S2. The summed E-state index contributed by atoms with van der Waals surface area (Å²) < 4.78 is 33.0. The number of sulfonamides is 1. The van der Waals surface area contributed by atoms with Crippen LogP contribution < -0.4 is 15.6 Å². The van der Waals surface area contributed by atoms with E-state index >= 15 is 0 Å². The molecule has 37 heavy (non-hydrogen) atoms. The smallest absolute Gasteiger partial charge is 0.266 e. The van der Waals surface area contributed by atoms with Crippen molar-refractivity contribution >= 4 is 44.3 Å². The highest BCUT2D eigenvalue weighted by Gasteiger charge is 2.20. The molecule has 11 heteroatoms. The predicted octanol–water partition coefficient (Wildman–Crippen LogP) is 3.68. The fraction of sp³-hybridized carbons (Fsp3) is 0.192. The number of methoxy groups -OCH3 is 1. The Hall–Kier alpha value is -3.67. The number of thioether (sulfide) groups is 1. The van der Waals surface area contributed by atoms with E-state index in [0.29, 0.717) is 38.7 Å². The highest BCUT2D eigenvalue weighted by atomic mass is 32.2. The van der Waals surface area contributed by atoms with Gasteiger partial charge in [0, 0.05) is 19.8 Å². The molecule has 0 saturated heterocycles. The summed E-state index contributed by atoms with van der Waals surface area (Å²) in [5.74, 6) is 0.0494. The number of carbonyl (C=O) groups is 1. The lowest BCUT2D eigenvalue weighted by molar-refractivity contribution is -0.113. The second-order valence-corrected chi connectivity index (χ2v) is 11.4. The van der Waals surface area contributed by atoms with Gasteiger partial charge in [-0.2, -0.15) is 0 Å². The van der Waals surface area contributed by atoms with E-state index in [-0.39, 0.29) is 22.1 Å². The molecule has 3 aromatic carbocycles. The minimum absolute atomic E-state index is 0.0654. The van der Waals surface area contributed by atoms with Crippen LogP contribution in [0.5, 0.6) is 5.75 Å². The van der Waals surface area contributed by atoms with Gasteiger partial charge < -0.3 is 10.1 Å². The summed E-state index contributed by atoms with van der Waals surface area (Å²) in [4.78, 5) is 31.1. The Morgan fingerprint density at radius 3 is 2.51 bits per heavy atom. The lowest BCUT2D eigenvalue weighted by Crippen LogP contribution is -2.24. The summed E-state index contributed by atoms with van der Waals surface area (Å²) in [6.45, 7) is 1.78. The molecule has 1 aromatic heterocycles. The minimum Gasteiger partial charge on any atom is -0.495 e. The van der Waals surface area contributed by atoms with Gasteiger partial charge in [0.25, 0.3) is 5.56 Å². The average Bonchev–Trinajstić information content (AvgIpc) is 2.88. The molecule has 4 rings (SSSR count). The fourth-order valence-corrected chi connectivity index (χ4v) is 5.39. The number of hydrogen-bond acceptors (Lipinski definition) is 7. The Bertz CT molecular complexity index is 1650. The van der Waals surface area contributed by atoms with Crippen LogP contribution in [0.4, 0.5) is 5.69 Å². The number of carbonyl (C=O) groups excluding carboxylic acids is 1. The minimum atomic E-state index is -3.66. The molecule has 4 aromatic rings. The molecule has 0 saturated carbocycles. The van der Waals surface area contributed by atoms with E-state index in [9.17, 15) is 18.0 Å². The number of amides is 1. The Labute approximate surface area is 219 Å². The first kappa shape index (κ1) is 26.4. The van der Waals surface area contributed by atoms with Crippen molar-refractivity contribution in [2.24, 2.45) is 0 Å². The molecule has 0 unspecified atom stereocenters. The van der Waals surface area contributed by atoms with E-state index in [1.54, 1.807) is 61.5 Å². The van der Waals surface area contributed by atoms with Crippen molar-refractivity contribution in [3.63, 3.8) is 0 Å². The molecule has 1 amide bonds. The maximum Gasteiger partial charge on any atom is 0.266 e. The molecule has 9 nitrogen and oxygen atoms in total. The van der Waals surface area contributed by atoms with Crippen molar-refractivity contribution in [2.75, 3.05) is 32.3 Å². The molecule has 0 aliphatic heterocycles. The number of nitrogens with one attached hydrogen (secondary N) is 1. The molecule has 1 heterocycles. The van der Waals surface area contributed by atoms with Crippen LogP contribution in [0.1, 0.15) is 5.56 Å². The van der Waals surface area contributed by atoms with Crippen LogP contribution in [0.15, 0.2) is 81.6 Å². The largest absolute Gasteiger partial charge is 0.495 e. The van der Waals surface area contributed by atoms with Crippen molar-refractivity contribution in [1.29, 1.82) is 0 Å². The second-order valence-electron chi connectivity index (χ2n) is 8.32. The molecule has 0 bridgehead atoms. The molecule has 192 valence electrons. The summed E-state index contributed by atoms with van der Waals surface area (Å²) in [5.41, 5.74) is 1.84. The number of anilines is 1. The van der Waals surface area contributed by atoms with Crippen molar-refractivity contribution < 1.29 is 17.9 Å². The normalized spacial score (nSPS) is 11.6. The van der Waals surface area contributed by atoms with Gasteiger partial charge >= 0.3 is 0 Å². The Kier molecular flexibility index (Phi) is 7.67. The Morgan fingerprint density at radius 1 is 1.08 bits per heavy atom. The number of ether oxygens (including phenoxy) is 1. The van der Waals surface area contributed by atoms with Gasteiger partial charge in [0.05, 0.1) is 34.3 Å². The van der Waals surface area contributed by atoms with E-state index in [1.165, 1.54) is 37.9 Å². The summed E-state index contributed by atoms with van der Waals surface area (Å²) in [6.07, 6.45) is 0. The molecule has 0 radical (unpaired) electrons. The van der Waals surface area contributed by atoms with Gasteiger partial charge in [0.2, 0.25) is 15.9 Å². The third kappa shape index (κ3) is 5.38. The summed E-state index contributed by atoms with van der Waals surface area (Å²) >= 11 is 1.10. The summed E-state index contributed by atoms with van der Waals surface area (Å²) in [5, 5.41) is 3.55. The van der Waals surface area contributed by atoms with E-state index < -0.39 is 10.0 Å². The maximum atomic E-state index is 13.5. The topological polar surface area (TPSA) is 111 Å². The number of hydrogen-bond donors (Lipinski definition) is 1. The number of aryl methyl sites for hydroxylation is 1. The van der Waals surface area contributed by atoms with E-state index in [4.69, 9.17) is 4.74 Å². The first-order valence-electron chi connectivity index (χ1n) is 11.2. The first-order chi connectivity index (χ1) is 17.6. The van der Waals surface area contributed by atoms with Gasteiger partial charge in [-0.1, -0.05) is 42.1 Å². The number of nitrogens with zero attached hydrogens (tertiary/aromatic N) is 3. The lowest BCUT2D eigenvalue weighted by atomic mass is 10.2. The van der Waals surface area contributed by atoms with Crippen molar-refractivity contribution in [2.45, 2.75) is 17.0 Å². The SMILES string of the molecule is COc1ccccc1-n1c(SCC(=O)Nc2cc(S(=O)(=O)N(C)C)ccc2C)nc2ccccc2c1=O. The van der Waals surface area contributed by atoms with Crippen LogP contribution in [0, 0.1) is 6.92 Å². The molecule has 0 aliphatic carbocycles. The van der Waals surface area contributed by atoms with Crippen molar-refractivity contribution in [3.8, 4) is 11.4 Å². The van der Waals surface area contributed by atoms with E-state index in [2.05, 4.69) is 10.3 Å². The van der Waals surface area contributed by atoms with Crippen LogP contribution >= 0.6 is 11.8 Å². The number of fused-ring (bicyclic) bond motifs is 1. The molecule has 0 spiro atoms.